The summed E-state index contributed by atoms with van der Waals surface area (Å²) >= 11 is 25.1. The van der Waals surface area contributed by atoms with Crippen molar-refractivity contribution in [3.63, 3.8) is 0 Å². The molecule has 34 heteroatoms. The fourth-order valence-corrected chi connectivity index (χ4v) is 10.8. The molecule has 0 spiro atoms. The Kier molecular flexibility index (Phi) is 38.0. The Morgan fingerprint density at radius 2 is 0.811 bits per heavy atom. The Balaban J connectivity index is 1.02. The topological polar surface area (TPSA) is 373 Å². The third kappa shape index (κ3) is 34.8. The number of amides is 10. The predicted octanol–water partition coefficient (Wildman–Crippen LogP) is 10.4. The molecule has 0 aliphatic heterocycles. The van der Waals surface area contributed by atoms with Crippen molar-refractivity contribution < 1.29 is 85.8 Å². The Morgan fingerprint density at radius 1 is 0.453 bits per heavy atom. The van der Waals surface area contributed by atoms with Crippen LogP contribution >= 0.6 is 46.4 Å². The monoisotopic (exact) mass is 1550 g/mol. The summed E-state index contributed by atoms with van der Waals surface area (Å²) in [6.45, 7) is 10.6. The predicted molar refractivity (Wildman–Crippen MR) is 399 cm³/mol. The van der Waals surface area contributed by atoms with Gasteiger partial charge in [0.05, 0.1) is 92.0 Å². The van der Waals surface area contributed by atoms with Crippen molar-refractivity contribution in [3.8, 4) is 0 Å². The second-order valence-electron chi connectivity index (χ2n) is 25.6. The molecule has 0 saturated heterocycles. The van der Waals surface area contributed by atoms with E-state index in [-0.39, 0.29) is 125 Å². The Hall–Kier alpha value is -9.14. The summed E-state index contributed by atoms with van der Waals surface area (Å²) in [5.74, 6) is -2.90. The highest BCUT2D eigenvalue weighted by atomic mass is 35.5. The molecular weight excluding hydrogens is 1460 g/mol. The van der Waals surface area contributed by atoms with Crippen molar-refractivity contribution in [2.75, 3.05) is 114 Å². The molecular formula is C72H94Cl4N12O18. The number of ether oxygens (including phenoxy) is 8. The molecule has 2 heterocycles. The number of carbonyl (C=O) groups excluding carboxylic acids is 10. The van der Waals surface area contributed by atoms with Gasteiger partial charge in [-0.1, -0.05) is 58.5 Å². The number of benzene rings is 3. The van der Waals surface area contributed by atoms with Crippen molar-refractivity contribution >= 4 is 129 Å². The zero-order valence-corrected chi connectivity index (χ0v) is 63.5. The van der Waals surface area contributed by atoms with Crippen molar-refractivity contribution in [3.05, 3.63) is 141 Å². The number of nitrogens with one attached hydrogen (secondary N) is 8. The quantitative estimate of drug-likeness (QED) is 0.0102. The van der Waals surface area contributed by atoms with Crippen LogP contribution in [-0.2, 0) is 66.7 Å². The number of rotatable bonds is 42. The minimum atomic E-state index is -1.26. The van der Waals surface area contributed by atoms with Gasteiger partial charge in [0, 0.05) is 82.9 Å². The van der Waals surface area contributed by atoms with Crippen molar-refractivity contribution in [1.29, 1.82) is 0 Å². The van der Waals surface area contributed by atoms with Crippen LogP contribution in [0.25, 0.3) is 0 Å². The molecule has 10 amide bonds. The highest BCUT2D eigenvalue weighted by Crippen LogP contribution is 2.29. The highest BCUT2D eigenvalue weighted by molar-refractivity contribution is 6.35. The molecule has 0 aliphatic rings. The number of methoxy groups -OCH3 is 2. The molecule has 4 unspecified atom stereocenters. The van der Waals surface area contributed by atoms with Crippen LogP contribution in [0.1, 0.15) is 116 Å². The van der Waals surface area contributed by atoms with Gasteiger partial charge >= 0.3 is 36.2 Å². The van der Waals surface area contributed by atoms with Crippen molar-refractivity contribution in [1.82, 2.24) is 41.9 Å². The largest absolute Gasteiger partial charge is 0.469 e. The maximum atomic E-state index is 14.0. The summed E-state index contributed by atoms with van der Waals surface area (Å²) in [6.07, 6.45) is 2.62. The van der Waals surface area contributed by atoms with E-state index in [1.165, 1.54) is 60.4 Å². The van der Waals surface area contributed by atoms with Gasteiger partial charge in [-0.05, 0) is 163 Å². The Morgan fingerprint density at radius 3 is 1.14 bits per heavy atom. The lowest BCUT2D eigenvalue weighted by atomic mass is 10.0. The number of esters is 2. The highest BCUT2D eigenvalue weighted by Gasteiger charge is 2.31. The zero-order valence-electron chi connectivity index (χ0n) is 60.5. The normalized spacial score (nSPS) is 12.3. The molecule has 5 aromatic rings. The number of unbranched alkanes of at least 4 members (excludes halogenated alkanes) is 2. The number of anilines is 4. The number of halogens is 4. The average molecular weight is 1560 g/mol. The van der Waals surface area contributed by atoms with E-state index in [9.17, 15) is 47.9 Å². The lowest BCUT2D eigenvalue weighted by molar-refractivity contribution is -0.142. The molecule has 3 aromatic carbocycles. The molecule has 8 N–H and O–H groups in total. The van der Waals surface area contributed by atoms with E-state index in [2.05, 4.69) is 52.5 Å². The second-order valence-corrected chi connectivity index (χ2v) is 27.3. The van der Waals surface area contributed by atoms with E-state index >= 15 is 0 Å². The van der Waals surface area contributed by atoms with E-state index in [0.29, 0.717) is 59.8 Å². The minimum absolute atomic E-state index is 0.0260. The van der Waals surface area contributed by atoms with Gasteiger partial charge in [-0.3, -0.25) is 38.6 Å². The maximum absolute atomic E-state index is 14.0. The lowest BCUT2D eigenvalue weighted by Crippen LogP contribution is -2.50. The van der Waals surface area contributed by atoms with Gasteiger partial charge in [0.25, 0.3) is 0 Å². The van der Waals surface area contributed by atoms with Crippen LogP contribution in [0.2, 0.25) is 20.1 Å². The van der Waals surface area contributed by atoms with Crippen LogP contribution in [0.5, 0.6) is 0 Å². The van der Waals surface area contributed by atoms with E-state index < -0.39 is 95.2 Å². The zero-order chi connectivity index (χ0) is 77.6. The summed E-state index contributed by atoms with van der Waals surface area (Å²) in [6, 6.07) is 20.2. The fourth-order valence-electron chi connectivity index (χ4n) is 9.67. The maximum Gasteiger partial charge on any atom is 0.416 e. The van der Waals surface area contributed by atoms with E-state index in [4.69, 9.17) is 84.3 Å². The smallest absolute Gasteiger partial charge is 0.416 e. The lowest BCUT2D eigenvalue weighted by Gasteiger charge is -2.27. The van der Waals surface area contributed by atoms with Gasteiger partial charge < -0.3 is 80.4 Å². The van der Waals surface area contributed by atoms with E-state index in [1.807, 2.05) is 0 Å². The SMILES string of the molecule is COC(=O)CC(NC(=O)C(COCCOCCNC(=O)Nc1ccc(NC(=O)NCCOCCOCC(NC(=O)CCCCN(C(=O)OC(C)(C)C)c2ccccn2)C(=O)NC(CC(=O)OC)c2cc(Cl)cc(Cl)c2)cc1)NC(=O)CCCCN(C(=O)OC(C)(C)C)c1ccccn1)c1cc(Cl)cc(Cl)c1. The summed E-state index contributed by atoms with van der Waals surface area (Å²) in [7, 11) is 2.40. The molecule has 0 saturated carbocycles. The van der Waals surface area contributed by atoms with Gasteiger partial charge in [-0.25, -0.2) is 29.1 Å². The molecule has 2 aromatic heterocycles. The summed E-state index contributed by atoms with van der Waals surface area (Å²) in [5.41, 5.74) is 0.105. The third-order valence-corrected chi connectivity index (χ3v) is 15.5. The molecule has 106 heavy (non-hydrogen) atoms. The number of pyridine rings is 2. The van der Waals surface area contributed by atoms with Crippen LogP contribution in [0, 0.1) is 0 Å². The summed E-state index contributed by atoms with van der Waals surface area (Å²) in [4.78, 5) is 143. The number of urea groups is 2. The molecule has 578 valence electrons. The Labute approximate surface area is 636 Å². The van der Waals surface area contributed by atoms with E-state index in [1.54, 1.807) is 115 Å². The van der Waals surface area contributed by atoms with E-state index in [0.717, 1.165) is 0 Å². The summed E-state index contributed by atoms with van der Waals surface area (Å²) < 4.78 is 43.8. The number of carbonyl (C=O) groups is 10. The Bertz CT molecular complexity index is 3380. The molecule has 4 atom stereocenters. The molecule has 0 aliphatic carbocycles. The average Bonchev–Trinajstić information content (AvgIpc) is 0.840. The third-order valence-electron chi connectivity index (χ3n) is 14.6. The van der Waals surface area contributed by atoms with Gasteiger partial charge in [-0.2, -0.15) is 0 Å². The van der Waals surface area contributed by atoms with Crippen molar-refractivity contribution in [2.24, 2.45) is 0 Å². The first-order chi connectivity index (χ1) is 50.5. The van der Waals surface area contributed by atoms with Gasteiger partial charge in [0.15, 0.2) is 0 Å². The molecule has 30 nitrogen and oxygen atoms in total. The number of hydrogen-bond donors (Lipinski definition) is 8. The first kappa shape index (κ1) is 87.5. The first-order valence-electron chi connectivity index (χ1n) is 34.1. The first-order valence-corrected chi connectivity index (χ1v) is 35.6. The number of nitrogens with zero attached hydrogens (tertiary/aromatic N) is 4. The minimum Gasteiger partial charge on any atom is -0.469 e. The fraction of sp³-hybridized carbons (Fsp3) is 0.472. The van der Waals surface area contributed by atoms with Crippen LogP contribution < -0.4 is 52.3 Å². The molecule has 5 rings (SSSR count). The van der Waals surface area contributed by atoms with Gasteiger partial charge in [-0.15, -0.1) is 0 Å². The molecule has 0 bridgehead atoms. The standard InChI is InChI=1S/C72H94Cl4N12O18/c1-71(2,3)105-69(97)87(59-17-9-13-25-77-59)29-15-11-19-61(89)83-57(65(93)85-55(43-63(91)99-7)47-37-49(73)41-50(74)38-47)45-103-35-33-101-31-27-79-67(95)81-53-21-23-54(24-22-53)82-68(96)80-28-32-102-34-36-104-46-58(66(94)86-56(44-64(92)100-8)48-39-51(75)42-52(76)40-48)84-62(90)20-12-16-30-88(60-18-10-14-26-78-60)70(98)106-72(4,5)6/h9-10,13-14,17-18,21-26,37-42,55-58H,11-12,15-16,19-20,27-36,43-46H2,1-8H3,(H,83,89)(H,84,90)(H,85,93)(H,86,94)(H2,79,81,95)(H2,80,82,96). The summed E-state index contributed by atoms with van der Waals surface area (Å²) in [5, 5.41) is 22.8. The number of aromatic nitrogens is 2. The van der Waals surface area contributed by atoms with Crippen LogP contribution in [0.15, 0.2) is 109 Å². The van der Waals surface area contributed by atoms with Gasteiger partial charge in [0.2, 0.25) is 23.6 Å². The van der Waals surface area contributed by atoms with Gasteiger partial charge in [0.1, 0.15) is 34.9 Å². The molecule has 0 fully saturated rings. The van der Waals surface area contributed by atoms with Crippen LogP contribution in [-0.4, -0.2) is 186 Å². The molecule has 0 radical (unpaired) electrons. The second kappa shape index (κ2) is 46.1. The van der Waals surface area contributed by atoms with Crippen LogP contribution in [0.4, 0.5) is 42.2 Å². The number of hydrogen-bond acceptors (Lipinski definition) is 20. The van der Waals surface area contributed by atoms with Crippen molar-refractivity contribution in [2.45, 2.75) is 128 Å². The van der Waals surface area contributed by atoms with Crippen LogP contribution in [0.3, 0.4) is 0 Å².